The van der Waals surface area contributed by atoms with Crippen LogP contribution >= 0.6 is 0 Å². The van der Waals surface area contributed by atoms with Crippen LogP contribution in [-0.2, 0) is 9.53 Å². The lowest BCUT2D eigenvalue weighted by Gasteiger charge is -2.01. The standard InChI is InChI=1S/C12H18N2O3/c1-3-5-6-9-7-10(15)11(14-13-8-9)12(16)17-4-2/h7,15H,3-6,8H2,1-2H3. The van der Waals surface area contributed by atoms with Gasteiger partial charge in [0.05, 0.1) is 13.2 Å². The average Bonchev–Trinajstić information content (AvgIpc) is 2.48. The van der Waals surface area contributed by atoms with Crippen molar-refractivity contribution >= 4 is 5.97 Å². The van der Waals surface area contributed by atoms with E-state index in [1.165, 1.54) is 0 Å². The molecule has 1 heterocycles. The van der Waals surface area contributed by atoms with Gasteiger partial charge < -0.3 is 9.84 Å². The van der Waals surface area contributed by atoms with Gasteiger partial charge in [0.1, 0.15) is 0 Å². The van der Waals surface area contributed by atoms with Crippen molar-refractivity contribution in [1.82, 2.24) is 0 Å². The van der Waals surface area contributed by atoms with Crippen LogP contribution in [0.3, 0.4) is 0 Å². The number of hydrogen-bond acceptors (Lipinski definition) is 5. The number of carbonyl (C=O) groups is 1. The molecule has 0 atom stereocenters. The summed E-state index contributed by atoms with van der Waals surface area (Å²) >= 11 is 0. The predicted octanol–water partition coefficient (Wildman–Crippen LogP) is 2.90. The molecule has 0 amide bonds. The summed E-state index contributed by atoms with van der Waals surface area (Å²) in [5.41, 5.74) is 0.866. The van der Waals surface area contributed by atoms with Crippen LogP contribution in [0, 0.1) is 0 Å². The molecule has 0 aromatic heterocycles. The molecule has 0 saturated heterocycles. The normalized spacial score (nSPS) is 15.5. The first-order chi connectivity index (χ1) is 8.19. The van der Waals surface area contributed by atoms with Gasteiger partial charge in [0, 0.05) is 0 Å². The van der Waals surface area contributed by atoms with E-state index in [4.69, 9.17) is 4.74 Å². The first-order valence-electron chi connectivity index (χ1n) is 5.86. The van der Waals surface area contributed by atoms with E-state index in [1.54, 1.807) is 13.0 Å². The van der Waals surface area contributed by atoms with Gasteiger partial charge in [-0.05, 0) is 31.4 Å². The number of allylic oxidation sites excluding steroid dienone is 1. The Kier molecular flexibility index (Phi) is 5.39. The van der Waals surface area contributed by atoms with Crippen molar-refractivity contribution in [2.75, 3.05) is 13.2 Å². The third kappa shape index (κ3) is 4.01. The number of unbranched alkanes of at least 4 members (excludes halogenated alkanes) is 1. The Bertz CT molecular complexity index is 370. The van der Waals surface area contributed by atoms with Crippen molar-refractivity contribution in [3.05, 3.63) is 23.1 Å². The average molecular weight is 238 g/mol. The SMILES string of the molecule is CCCCC1=CC(O)=C(C(=O)OCC)N=NC1. The fourth-order valence-corrected chi connectivity index (χ4v) is 1.46. The number of hydrogen-bond donors (Lipinski definition) is 1. The van der Waals surface area contributed by atoms with Gasteiger partial charge in [-0.3, -0.25) is 0 Å². The van der Waals surface area contributed by atoms with Crippen LogP contribution in [0.2, 0.25) is 0 Å². The highest BCUT2D eigenvalue weighted by atomic mass is 16.5. The molecule has 0 radical (unpaired) electrons. The molecule has 0 aromatic carbocycles. The highest BCUT2D eigenvalue weighted by Gasteiger charge is 2.17. The lowest BCUT2D eigenvalue weighted by atomic mass is 10.1. The van der Waals surface area contributed by atoms with Gasteiger partial charge in [-0.25, -0.2) is 4.79 Å². The molecule has 0 aromatic rings. The van der Waals surface area contributed by atoms with Crippen LogP contribution in [-0.4, -0.2) is 24.2 Å². The summed E-state index contributed by atoms with van der Waals surface area (Å²) in [6.07, 6.45) is 4.53. The monoisotopic (exact) mass is 238 g/mol. The van der Waals surface area contributed by atoms with Gasteiger partial charge in [0.2, 0.25) is 5.70 Å². The van der Waals surface area contributed by atoms with Gasteiger partial charge in [-0.2, -0.15) is 5.11 Å². The van der Waals surface area contributed by atoms with E-state index in [2.05, 4.69) is 17.2 Å². The number of esters is 1. The topological polar surface area (TPSA) is 71.2 Å². The Morgan fingerprint density at radius 2 is 2.29 bits per heavy atom. The molecule has 0 aliphatic carbocycles. The zero-order valence-corrected chi connectivity index (χ0v) is 10.3. The number of nitrogens with zero attached hydrogens (tertiary/aromatic N) is 2. The van der Waals surface area contributed by atoms with E-state index in [0.717, 1.165) is 24.8 Å². The molecule has 0 spiro atoms. The molecular weight excluding hydrogens is 220 g/mol. The molecule has 0 saturated carbocycles. The molecular formula is C12H18N2O3. The lowest BCUT2D eigenvalue weighted by Crippen LogP contribution is -2.07. The van der Waals surface area contributed by atoms with Crippen molar-refractivity contribution in [2.45, 2.75) is 33.1 Å². The molecule has 1 aliphatic rings. The number of carbonyl (C=O) groups excluding carboxylic acids is 1. The highest BCUT2D eigenvalue weighted by Crippen LogP contribution is 2.18. The molecule has 1 N–H and O–H groups in total. The van der Waals surface area contributed by atoms with Crippen LogP contribution < -0.4 is 0 Å². The van der Waals surface area contributed by atoms with Crippen LogP contribution in [0.4, 0.5) is 0 Å². The fourth-order valence-electron chi connectivity index (χ4n) is 1.46. The molecule has 94 valence electrons. The molecule has 1 aliphatic heterocycles. The Labute approximate surface area is 101 Å². The quantitative estimate of drug-likeness (QED) is 0.748. The third-order valence-electron chi connectivity index (χ3n) is 2.35. The summed E-state index contributed by atoms with van der Waals surface area (Å²) in [6.45, 7) is 4.47. The maximum absolute atomic E-state index is 11.5. The van der Waals surface area contributed by atoms with Gasteiger partial charge >= 0.3 is 5.97 Å². The summed E-state index contributed by atoms with van der Waals surface area (Å²) < 4.78 is 4.78. The minimum absolute atomic E-state index is 0.113. The Morgan fingerprint density at radius 1 is 1.53 bits per heavy atom. The zero-order chi connectivity index (χ0) is 12.7. The molecule has 0 unspecified atom stereocenters. The highest BCUT2D eigenvalue weighted by molar-refractivity contribution is 5.89. The first kappa shape index (κ1) is 13.4. The maximum Gasteiger partial charge on any atom is 0.362 e. The molecule has 5 nitrogen and oxygen atoms in total. The van der Waals surface area contributed by atoms with Gasteiger partial charge in [-0.15, -0.1) is 5.11 Å². The fraction of sp³-hybridized carbons (Fsp3) is 0.583. The molecule has 0 bridgehead atoms. The summed E-state index contributed by atoms with van der Waals surface area (Å²) in [6, 6.07) is 0. The lowest BCUT2D eigenvalue weighted by molar-refractivity contribution is -0.138. The van der Waals surface area contributed by atoms with E-state index >= 15 is 0 Å². The summed E-state index contributed by atoms with van der Waals surface area (Å²) in [4.78, 5) is 11.5. The van der Waals surface area contributed by atoms with Crippen molar-refractivity contribution in [3.63, 3.8) is 0 Å². The van der Waals surface area contributed by atoms with Crippen LogP contribution in [0.25, 0.3) is 0 Å². The van der Waals surface area contributed by atoms with E-state index in [-0.39, 0.29) is 18.1 Å². The molecule has 5 heteroatoms. The smallest absolute Gasteiger partial charge is 0.362 e. The number of azo groups is 1. The molecule has 1 rings (SSSR count). The maximum atomic E-state index is 11.5. The van der Waals surface area contributed by atoms with Gasteiger partial charge in [-0.1, -0.05) is 13.3 Å². The summed E-state index contributed by atoms with van der Waals surface area (Å²) in [5.74, 6) is -0.794. The van der Waals surface area contributed by atoms with E-state index in [9.17, 15) is 9.90 Å². The third-order valence-corrected chi connectivity index (χ3v) is 2.35. The van der Waals surface area contributed by atoms with Crippen LogP contribution in [0.5, 0.6) is 0 Å². The predicted molar refractivity (Wildman–Crippen MR) is 63.6 cm³/mol. The van der Waals surface area contributed by atoms with Gasteiger partial charge in [0.15, 0.2) is 5.76 Å². The zero-order valence-electron chi connectivity index (χ0n) is 10.3. The molecule has 17 heavy (non-hydrogen) atoms. The van der Waals surface area contributed by atoms with Crippen LogP contribution in [0.1, 0.15) is 33.1 Å². The summed E-state index contributed by atoms with van der Waals surface area (Å²) in [5, 5.41) is 17.4. The number of aliphatic hydroxyl groups excluding tert-OH is 1. The van der Waals surface area contributed by atoms with Crippen molar-refractivity contribution in [3.8, 4) is 0 Å². The Morgan fingerprint density at radius 3 is 2.94 bits per heavy atom. The Hall–Kier alpha value is -1.65. The summed E-state index contributed by atoms with van der Waals surface area (Å²) in [7, 11) is 0. The molecule has 0 fully saturated rings. The van der Waals surface area contributed by atoms with Crippen LogP contribution in [0.15, 0.2) is 33.3 Å². The van der Waals surface area contributed by atoms with Gasteiger partial charge in [0.25, 0.3) is 0 Å². The van der Waals surface area contributed by atoms with Crippen molar-refractivity contribution < 1.29 is 14.6 Å². The Balaban J connectivity index is 2.83. The number of rotatable bonds is 5. The van der Waals surface area contributed by atoms with E-state index in [1.807, 2.05) is 0 Å². The number of aliphatic hydroxyl groups is 1. The second-order valence-electron chi connectivity index (χ2n) is 3.76. The second kappa shape index (κ2) is 6.83. The van der Waals surface area contributed by atoms with Crippen molar-refractivity contribution in [1.29, 1.82) is 0 Å². The minimum atomic E-state index is -0.637. The number of ether oxygens (including phenoxy) is 1. The largest absolute Gasteiger partial charge is 0.505 e. The van der Waals surface area contributed by atoms with E-state index in [0.29, 0.717) is 6.54 Å². The first-order valence-corrected chi connectivity index (χ1v) is 5.86. The minimum Gasteiger partial charge on any atom is -0.505 e. The second-order valence-corrected chi connectivity index (χ2v) is 3.76. The van der Waals surface area contributed by atoms with E-state index < -0.39 is 5.97 Å². The van der Waals surface area contributed by atoms with Crippen molar-refractivity contribution in [2.24, 2.45) is 10.2 Å².